The van der Waals surface area contributed by atoms with Crippen molar-refractivity contribution in [2.45, 2.75) is 32.9 Å². The van der Waals surface area contributed by atoms with Crippen LogP contribution in [0.3, 0.4) is 0 Å². The summed E-state index contributed by atoms with van der Waals surface area (Å²) < 4.78 is 7.40. The van der Waals surface area contributed by atoms with Crippen molar-refractivity contribution in [2.24, 2.45) is 0 Å². The summed E-state index contributed by atoms with van der Waals surface area (Å²) in [4.78, 5) is 4.41. The van der Waals surface area contributed by atoms with Crippen LogP contribution in [0.15, 0.2) is 12.5 Å². The third kappa shape index (κ3) is 3.71. The van der Waals surface area contributed by atoms with E-state index in [1.807, 2.05) is 6.33 Å². The van der Waals surface area contributed by atoms with Crippen LogP contribution in [0.5, 0.6) is 0 Å². The Bertz CT molecular complexity index is 350. The molecule has 0 saturated carbocycles. The van der Waals surface area contributed by atoms with Gasteiger partial charge in [-0.2, -0.15) is 0 Å². The van der Waals surface area contributed by atoms with Crippen molar-refractivity contribution in [3.8, 4) is 0 Å². The maximum Gasteiger partial charge on any atom is 0.114 e. The summed E-state index contributed by atoms with van der Waals surface area (Å²) >= 11 is 0. The van der Waals surface area contributed by atoms with Crippen molar-refractivity contribution < 1.29 is 4.74 Å². The molecule has 0 amide bonds. The van der Waals surface area contributed by atoms with E-state index in [0.29, 0.717) is 0 Å². The molecule has 2 rings (SSSR count). The normalized spacial score (nSPS) is 17.5. The molecule has 1 fully saturated rings. The lowest BCUT2D eigenvalue weighted by Crippen LogP contribution is -2.43. The first-order chi connectivity index (χ1) is 8.04. The van der Waals surface area contributed by atoms with Gasteiger partial charge in [-0.05, 0) is 20.8 Å². The molecule has 0 atom stereocenters. The Morgan fingerprint density at radius 1 is 1.35 bits per heavy atom. The predicted molar refractivity (Wildman–Crippen MR) is 67.6 cm³/mol. The first kappa shape index (κ1) is 12.4. The zero-order chi connectivity index (χ0) is 12.3. The minimum absolute atomic E-state index is 0.128. The van der Waals surface area contributed by atoms with Gasteiger partial charge in [-0.1, -0.05) is 0 Å². The topological polar surface area (TPSA) is 42.3 Å². The lowest BCUT2D eigenvalue weighted by atomic mass is 10.1. The number of nitrogens with one attached hydrogen (secondary N) is 1. The number of nitrogens with zero attached hydrogens (tertiary/aromatic N) is 3. The summed E-state index contributed by atoms with van der Waals surface area (Å²) in [5.74, 6) is 0. The largest absolute Gasteiger partial charge is 0.378 e. The third-order valence-corrected chi connectivity index (χ3v) is 2.74. The summed E-state index contributed by atoms with van der Waals surface area (Å²) in [5, 5.41) is 5.68. The van der Waals surface area contributed by atoms with Crippen LogP contribution in [-0.2, 0) is 11.3 Å². The van der Waals surface area contributed by atoms with Crippen LogP contribution in [0.2, 0.25) is 0 Å². The number of hydrogen-bond donors (Lipinski definition) is 1. The minimum atomic E-state index is 0.128. The highest BCUT2D eigenvalue weighted by Gasteiger charge is 2.13. The van der Waals surface area contributed by atoms with E-state index in [-0.39, 0.29) is 5.54 Å². The Kier molecular flexibility index (Phi) is 3.69. The summed E-state index contributed by atoms with van der Waals surface area (Å²) in [6.45, 7) is 10.7. The molecule has 0 spiro atoms. The quantitative estimate of drug-likeness (QED) is 0.843. The fraction of sp³-hybridized carbons (Fsp3) is 0.750. The van der Waals surface area contributed by atoms with Crippen molar-refractivity contribution in [1.82, 2.24) is 15.0 Å². The van der Waals surface area contributed by atoms with E-state index in [0.717, 1.165) is 38.5 Å². The molecule has 0 unspecified atom stereocenters. The van der Waals surface area contributed by atoms with Crippen molar-refractivity contribution >= 4 is 0 Å². The van der Waals surface area contributed by atoms with Crippen LogP contribution < -0.4 is 10.3 Å². The van der Waals surface area contributed by atoms with Crippen molar-refractivity contribution in [3.63, 3.8) is 0 Å². The van der Waals surface area contributed by atoms with Crippen LogP contribution in [0.1, 0.15) is 26.5 Å². The maximum atomic E-state index is 5.33. The van der Waals surface area contributed by atoms with Gasteiger partial charge in [0.15, 0.2) is 0 Å². The molecule has 0 aromatic carbocycles. The van der Waals surface area contributed by atoms with E-state index in [2.05, 4.69) is 47.0 Å². The third-order valence-electron chi connectivity index (χ3n) is 2.74. The van der Waals surface area contributed by atoms with Crippen molar-refractivity contribution in [1.29, 1.82) is 0 Å². The van der Waals surface area contributed by atoms with E-state index >= 15 is 0 Å². The highest BCUT2D eigenvalue weighted by molar-refractivity contribution is 5.01. The van der Waals surface area contributed by atoms with Gasteiger partial charge in [0.2, 0.25) is 0 Å². The van der Waals surface area contributed by atoms with Gasteiger partial charge in [-0.25, -0.2) is 4.98 Å². The average molecular weight is 238 g/mol. The number of hydrogen-bond acceptors (Lipinski definition) is 4. The zero-order valence-corrected chi connectivity index (χ0v) is 10.9. The Hall–Kier alpha value is -1.07. The van der Waals surface area contributed by atoms with Crippen LogP contribution >= 0.6 is 0 Å². The molecule has 1 aromatic heterocycles. The molecular weight excluding hydrogens is 216 g/mol. The standard InChI is InChI=1S/C12H22N4O/c1-12(2,3)14-8-11-9-16(10-13-11)15-4-6-17-7-5-15/h9-10,14H,4-8H2,1-3H3. The van der Waals surface area contributed by atoms with Gasteiger partial charge in [-0.15, -0.1) is 0 Å². The highest BCUT2D eigenvalue weighted by atomic mass is 16.5. The van der Waals surface area contributed by atoms with Crippen molar-refractivity contribution in [2.75, 3.05) is 31.3 Å². The van der Waals surface area contributed by atoms with Gasteiger partial charge in [-0.3, -0.25) is 4.68 Å². The molecular formula is C12H22N4O. The Morgan fingerprint density at radius 3 is 2.71 bits per heavy atom. The first-order valence-corrected chi connectivity index (χ1v) is 6.15. The van der Waals surface area contributed by atoms with Crippen LogP contribution in [0.25, 0.3) is 0 Å². The number of morpholine rings is 1. The lowest BCUT2D eigenvalue weighted by molar-refractivity contribution is 0.111. The number of ether oxygens (including phenoxy) is 1. The van der Waals surface area contributed by atoms with Gasteiger partial charge in [0, 0.05) is 12.1 Å². The molecule has 1 aliphatic rings. The molecule has 1 aromatic rings. The van der Waals surface area contributed by atoms with Crippen molar-refractivity contribution in [3.05, 3.63) is 18.2 Å². The van der Waals surface area contributed by atoms with Crippen LogP contribution in [-0.4, -0.2) is 41.5 Å². The highest BCUT2D eigenvalue weighted by Crippen LogP contribution is 2.04. The second kappa shape index (κ2) is 5.06. The zero-order valence-electron chi connectivity index (χ0n) is 10.9. The molecule has 1 aliphatic heterocycles. The second-order valence-corrected chi connectivity index (χ2v) is 5.41. The maximum absolute atomic E-state index is 5.33. The fourth-order valence-corrected chi connectivity index (χ4v) is 1.74. The van der Waals surface area contributed by atoms with Gasteiger partial charge < -0.3 is 15.1 Å². The Labute approximate surface area is 103 Å². The lowest BCUT2D eigenvalue weighted by Gasteiger charge is -2.29. The van der Waals surface area contributed by atoms with E-state index in [4.69, 9.17) is 4.74 Å². The smallest absolute Gasteiger partial charge is 0.114 e. The SMILES string of the molecule is CC(C)(C)NCc1cn(N2CCOCC2)cn1. The number of aromatic nitrogens is 2. The molecule has 0 bridgehead atoms. The Balaban J connectivity index is 1.91. The summed E-state index contributed by atoms with van der Waals surface area (Å²) in [6.07, 6.45) is 3.97. The Morgan fingerprint density at radius 2 is 2.06 bits per heavy atom. The monoisotopic (exact) mass is 238 g/mol. The van der Waals surface area contributed by atoms with Crippen LogP contribution in [0.4, 0.5) is 0 Å². The molecule has 2 heterocycles. The summed E-state index contributed by atoms with van der Waals surface area (Å²) in [7, 11) is 0. The van der Waals surface area contributed by atoms with Gasteiger partial charge in [0.05, 0.1) is 38.2 Å². The number of imidazole rings is 1. The van der Waals surface area contributed by atoms with Gasteiger partial charge in [0.25, 0.3) is 0 Å². The van der Waals surface area contributed by atoms with E-state index in [1.165, 1.54) is 0 Å². The summed E-state index contributed by atoms with van der Waals surface area (Å²) in [5.41, 5.74) is 1.20. The molecule has 1 saturated heterocycles. The first-order valence-electron chi connectivity index (χ1n) is 6.15. The summed E-state index contributed by atoms with van der Waals surface area (Å²) in [6, 6.07) is 0. The van der Waals surface area contributed by atoms with Gasteiger partial charge in [0.1, 0.15) is 6.33 Å². The molecule has 0 aliphatic carbocycles. The predicted octanol–water partition coefficient (Wildman–Crippen LogP) is 0.739. The van der Waals surface area contributed by atoms with Gasteiger partial charge >= 0.3 is 0 Å². The molecule has 1 N–H and O–H groups in total. The van der Waals surface area contributed by atoms with Crippen LogP contribution in [0, 0.1) is 0 Å². The molecule has 17 heavy (non-hydrogen) atoms. The molecule has 5 nitrogen and oxygen atoms in total. The second-order valence-electron chi connectivity index (χ2n) is 5.41. The van der Waals surface area contributed by atoms with E-state index in [1.54, 1.807) is 0 Å². The average Bonchev–Trinajstić information content (AvgIpc) is 2.75. The minimum Gasteiger partial charge on any atom is -0.378 e. The van der Waals surface area contributed by atoms with E-state index in [9.17, 15) is 0 Å². The molecule has 5 heteroatoms. The molecule has 96 valence electrons. The number of rotatable bonds is 3. The van der Waals surface area contributed by atoms with E-state index < -0.39 is 0 Å². The fourth-order valence-electron chi connectivity index (χ4n) is 1.74. The molecule has 0 radical (unpaired) electrons.